The Morgan fingerprint density at radius 1 is 1.86 bits per heavy atom. The molecule has 0 aromatic heterocycles. The molecule has 2 nitrogen and oxygen atoms in total. The summed E-state index contributed by atoms with van der Waals surface area (Å²) >= 11 is 7.67. The van der Waals surface area contributed by atoms with Crippen molar-refractivity contribution < 1.29 is 4.79 Å². The minimum atomic E-state index is -0.0856. The lowest BCUT2D eigenvalue weighted by molar-refractivity contribution is -0.131. The maximum absolute atomic E-state index is 10.3. The molecule has 0 N–H and O–H groups in total. The number of hydrogen-bond acceptors (Lipinski definition) is 3. The van der Waals surface area contributed by atoms with Gasteiger partial charge in [-0.2, -0.15) is 12.6 Å². The predicted molar refractivity (Wildman–Crippen MR) is 33.5 cm³/mol. The molecule has 1 aliphatic rings. The number of hydrogen-bond donors (Lipinski definition) is 2. The van der Waals surface area contributed by atoms with Crippen LogP contribution in [0.3, 0.4) is 0 Å². The molecule has 40 valence electrons. The van der Waals surface area contributed by atoms with E-state index in [-0.39, 0.29) is 11.2 Å². The molecule has 0 saturated carbocycles. The zero-order valence-corrected chi connectivity index (χ0v) is 5.32. The lowest BCUT2D eigenvalue weighted by Crippen LogP contribution is -2.47. The van der Waals surface area contributed by atoms with Crippen LogP contribution in [-0.4, -0.2) is 22.0 Å². The van der Waals surface area contributed by atoms with Crippen molar-refractivity contribution >= 4 is 31.4 Å². The lowest BCUT2D eigenvalue weighted by atomic mass is 10.3. The van der Waals surface area contributed by atoms with Gasteiger partial charge in [0.25, 0.3) is 0 Å². The smallest absolute Gasteiger partial charge is 0.246 e. The van der Waals surface area contributed by atoms with Gasteiger partial charge in [-0.1, -0.05) is 12.8 Å². The van der Waals surface area contributed by atoms with Crippen LogP contribution in [0.2, 0.25) is 0 Å². The third kappa shape index (κ3) is 0.724. The molecule has 7 heavy (non-hydrogen) atoms. The number of amides is 1. The van der Waals surface area contributed by atoms with E-state index in [2.05, 4.69) is 25.4 Å². The van der Waals surface area contributed by atoms with Gasteiger partial charge in [-0.25, -0.2) is 0 Å². The second-order valence-corrected chi connectivity index (χ2v) is 2.54. The topological polar surface area (TPSA) is 20.3 Å². The molecule has 1 rings (SSSR count). The van der Waals surface area contributed by atoms with Crippen LogP contribution in [0.5, 0.6) is 0 Å². The maximum Gasteiger partial charge on any atom is 0.246 e. The Morgan fingerprint density at radius 2 is 2.43 bits per heavy atom. The van der Waals surface area contributed by atoms with Crippen LogP contribution in [0, 0.1) is 0 Å². The molecule has 0 aliphatic carbocycles. The van der Waals surface area contributed by atoms with Crippen LogP contribution in [0.15, 0.2) is 0 Å². The number of nitrogens with zero attached hydrogens (tertiary/aromatic N) is 1. The van der Waals surface area contributed by atoms with E-state index in [0.29, 0.717) is 6.54 Å². The summed E-state index contributed by atoms with van der Waals surface area (Å²) in [6.45, 7) is 0.672. The molecule has 0 aromatic rings. The van der Waals surface area contributed by atoms with Gasteiger partial charge in [0.05, 0.1) is 6.54 Å². The minimum Gasteiger partial charge on any atom is -0.286 e. The molecule has 1 amide bonds. The molecule has 4 heteroatoms. The van der Waals surface area contributed by atoms with Crippen molar-refractivity contribution in [1.82, 2.24) is 4.31 Å². The first-order valence-corrected chi connectivity index (χ1v) is 2.82. The Labute approximate surface area is 52.8 Å². The fraction of sp³-hybridized carbons (Fsp3) is 0.667. The normalized spacial score (nSPS) is 30.3. The molecule has 1 fully saturated rings. The van der Waals surface area contributed by atoms with Crippen LogP contribution < -0.4 is 0 Å². The fourth-order valence-corrected chi connectivity index (χ4v) is 1.22. The van der Waals surface area contributed by atoms with Crippen LogP contribution in [0.1, 0.15) is 0 Å². The quantitative estimate of drug-likeness (QED) is 0.353. The largest absolute Gasteiger partial charge is 0.286 e. The highest BCUT2D eigenvalue weighted by molar-refractivity contribution is 7.83. The van der Waals surface area contributed by atoms with E-state index >= 15 is 0 Å². The van der Waals surface area contributed by atoms with Gasteiger partial charge in [-0.3, -0.25) is 9.10 Å². The average molecular weight is 135 g/mol. The van der Waals surface area contributed by atoms with Gasteiger partial charge < -0.3 is 0 Å². The summed E-state index contributed by atoms with van der Waals surface area (Å²) in [5.41, 5.74) is 0. The molecule has 0 radical (unpaired) electrons. The summed E-state index contributed by atoms with van der Waals surface area (Å²) in [5, 5.41) is -0.0856. The monoisotopic (exact) mass is 135 g/mol. The summed E-state index contributed by atoms with van der Waals surface area (Å²) in [7, 11) is 0. The summed E-state index contributed by atoms with van der Waals surface area (Å²) in [6, 6.07) is 0. The average Bonchev–Trinajstić information content (AvgIpc) is 1.68. The lowest BCUT2D eigenvalue weighted by Gasteiger charge is -2.29. The molecule has 0 aromatic carbocycles. The second kappa shape index (κ2) is 1.59. The summed E-state index contributed by atoms with van der Waals surface area (Å²) in [5.74, 6) is 0.00617. The van der Waals surface area contributed by atoms with Gasteiger partial charge in [-0.15, -0.1) is 0 Å². The third-order valence-electron chi connectivity index (χ3n) is 0.885. The molecular weight excluding hydrogens is 130 g/mol. The summed E-state index contributed by atoms with van der Waals surface area (Å²) < 4.78 is 1.34. The predicted octanol–water partition coefficient (Wildman–Crippen LogP) is -0.0282. The zero-order valence-electron chi connectivity index (χ0n) is 3.53. The van der Waals surface area contributed by atoms with Gasteiger partial charge in [-0.05, 0) is 0 Å². The van der Waals surface area contributed by atoms with Crippen molar-refractivity contribution in [2.24, 2.45) is 0 Å². The molecule has 0 spiro atoms. The number of carbonyl (C=O) groups excluding carboxylic acids is 1. The van der Waals surface area contributed by atoms with E-state index in [1.165, 1.54) is 4.31 Å². The van der Waals surface area contributed by atoms with Gasteiger partial charge in [0, 0.05) is 0 Å². The minimum absolute atomic E-state index is 0.00617. The SMILES string of the molecule is O=C1C(S)CN1S. The van der Waals surface area contributed by atoms with Crippen molar-refractivity contribution in [3.05, 3.63) is 0 Å². The number of rotatable bonds is 0. The molecule has 1 saturated heterocycles. The highest BCUT2D eigenvalue weighted by atomic mass is 32.1. The molecule has 0 bridgehead atoms. The van der Waals surface area contributed by atoms with E-state index in [4.69, 9.17) is 0 Å². The number of thiol groups is 2. The van der Waals surface area contributed by atoms with Gasteiger partial charge in [0.15, 0.2) is 0 Å². The van der Waals surface area contributed by atoms with Crippen molar-refractivity contribution in [3.8, 4) is 0 Å². The standard InChI is InChI=1S/C3H5NOS2/c5-3-2(6)1-4(3)7/h2,6-7H,1H2. The van der Waals surface area contributed by atoms with Gasteiger partial charge >= 0.3 is 0 Å². The highest BCUT2D eigenvalue weighted by Gasteiger charge is 2.30. The fourth-order valence-electron chi connectivity index (χ4n) is 0.391. The van der Waals surface area contributed by atoms with Gasteiger partial charge in [0.1, 0.15) is 5.25 Å². The first-order valence-electron chi connectivity index (χ1n) is 1.90. The molecule has 1 unspecified atom stereocenters. The Morgan fingerprint density at radius 3 is 2.43 bits per heavy atom. The maximum atomic E-state index is 10.3. The van der Waals surface area contributed by atoms with E-state index in [1.807, 2.05) is 0 Å². The van der Waals surface area contributed by atoms with E-state index in [1.54, 1.807) is 0 Å². The molecule has 1 heterocycles. The Bertz CT molecular complexity index is 95.1. The Kier molecular flexibility index (Phi) is 1.21. The summed E-state index contributed by atoms with van der Waals surface area (Å²) in [6.07, 6.45) is 0. The van der Waals surface area contributed by atoms with Gasteiger partial charge in [0.2, 0.25) is 5.91 Å². The first kappa shape index (κ1) is 5.31. The Balaban J connectivity index is 2.44. The Hall–Kier alpha value is 0.170. The van der Waals surface area contributed by atoms with Crippen LogP contribution in [0.4, 0.5) is 0 Å². The highest BCUT2D eigenvalue weighted by Crippen LogP contribution is 2.16. The van der Waals surface area contributed by atoms with Crippen molar-refractivity contribution in [1.29, 1.82) is 0 Å². The van der Waals surface area contributed by atoms with Crippen molar-refractivity contribution in [3.63, 3.8) is 0 Å². The van der Waals surface area contributed by atoms with Crippen molar-refractivity contribution in [2.45, 2.75) is 5.25 Å². The zero-order chi connectivity index (χ0) is 5.44. The van der Waals surface area contributed by atoms with Crippen LogP contribution in [0.25, 0.3) is 0 Å². The molecule has 1 atom stereocenters. The molecular formula is C3H5NOS2. The van der Waals surface area contributed by atoms with E-state index in [0.717, 1.165) is 0 Å². The third-order valence-corrected chi connectivity index (χ3v) is 1.63. The van der Waals surface area contributed by atoms with Crippen molar-refractivity contribution in [2.75, 3.05) is 6.54 Å². The summed E-state index contributed by atoms with van der Waals surface area (Å²) in [4.78, 5) is 10.3. The first-order chi connectivity index (χ1) is 3.22. The molecule has 1 aliphatic heterocycles. The van der Waals surface area contributed by atoms with Crippen LogP contribution >= 0.6 is 25.4 Å². The number of carbonyl (C=O) groups is 1. The van der Waals surface area contributed by atoms with Crippen LogP contribution in [-0.2, 0) is 4.79 Å². The van der Waals surface area contributed by atoms with E-state index in [9.17, 15) is 4.79 Å². The number of β-lactam (4-membered cyclic amide) rings is 1. The second-order valence-electron chi connectivity index (χ2n) is 1.44. The van der Waals surface area contributed by atoms with E-state index < -0.39 is 0 Å².